The minimum atomic E-state index is -0.443. The first-order valence-electron chi connectivity index (χ1n) is 13.1. The van der Waals surface area contributed by atoms with E-state index in [1.807, 2.05) is 96.4 Å². The third-order valence-corrected chi connectivity index (χ3v) is 7.77. The number of thiocarbonyl (C=S) groups is 1. The summed E-state index contributed by atoms with van der Waals surface area (Å²) in [6, 6.07) is 25.3. The molecule has 1 aliphatic heterocycles. The molecule has 1 aliphatic rings. The van der Waals surface area contributed by atoms with Crippen LogP contribution in [0.5, 0.6) is 0 Å². The first-order chi connectivity index (χ1) is 19.1. The number of carbonyl (C=O) groups excluding carboxylic acids is 2. The van der Waals surface area contributed by atoms with Gasteiger partial charge in [-0.25, -0.2) is 0 Å². The Kier molecular flexibility index (Phi) is 7.17. The maximum atomic E-state index is 14.0. The van der Waals surface area contributed by atoms with Gasteiger partial charge in [-0.15, -0.1) is 0 Å². The van der Waals surface area contributed by atoms with Crippen molar-refractivity contribution in [1.82, 2.24) is 4.57 Å². The van der Waals surface area contributed by atoms with Crippen LogP contribution in [0, 0.1) is 27.7 Å². The summed E-state index contributed by atoms with van der Waals surface area (Å²) in [5, 5.41) is 0.132. The Morgan fingerprint density at radius 1 is 0.700 bits per heavy atom. The van der Waals surface area contributed by atoms with Crippen molar-refractivity contribution in [3.05, 3.63) is 113 Å². The molecular weight excluding hydrogens is 516 g/mol. The molecule has 202 valence electrons. The summed E-state index contributed by atoms with van der Waals surface area (Å²) in [4.78, 5) is 32.9. The number of carbonyl (C=O) groups is 2. The zero-order valence-corrected chi connectivity index (χ0v) is 24.4. The molecule has 0 saturated carbocycles. The van der Waals surface area contributed by atoms with E-state index in [1.54, 1.807) is 6.08 Å². The molecule has 6 nitrogen and oxygen atoms in total. The van der Waals surface area contributed by atoms with E-state index in [2.05, 4.69) is 33.7 Å². The molecule has 0 unspecified atom stereocenters. The summed E-state index contributed by atoms with van der Waals surface area (Å²) in [7, 11) is 4.02. The van der Waals surface area contributed by atoms with Crippen molar-refractivity contribution >= 4 is 52.3 Å². The number of hydrogen-bond donors (Lipinski definition) is 0. The van der Waals surface area contributed by atoms with Gasteiger partial charge in [-0.1, -0.05) is 24.3 Å². The average molecular weight is 549 g/mol. The summed E-state index contributed by atoms with van der Waals surface area (Å²) in [5.74, 6) is -0.882. The first-order valence-corrected chi connectivity index (χ1v) is 13.5. The number of para-hydroxylation sites is 1. The fraction of sp³-hybridized carbons (Fsp3) is 0.182. The molecule has 0 radical (unpaired) electrons. The molecular formula is C33H32N4O2S. The maximum Gasteiger partial charge on any atom is 0.270 e. The molecule has 0 atom stereocenters. The summed E-state index contributed by atoms with van der Waals surface area (Å²) in [5.41, 5.74) is 8.28. The standard InChI is InChI=1S/C33H32N4O2S/c1-21-12-13-29(18-22(21)2)37-32(39)30(31(38)36(33(37)40)27-10-8-7-9-11-27)20-25-19-23(3)35(24(25)4)28-16-14-26(15-17-28)34(5)6/h7-20H,1-6H3. The van der Waals surface area contributed by atoms with E-state index in [-0.39, 0.29) is 10.7 Å². The molecule has 0 bridgehead atoms. The van der Waals surface area contributed by atoms with E-state index in [0.29, 0.717) is 11.4 Å². The lowest BCUT2D eigenvalue weighted by Gasteiger charge is -2.36. The van der Waals surface area contributed by atoms with Crippen LogP contribution in [0.2, 0.25) is 0 Å². The third-order valence-electron chi connectivity index (χ3n) is 7.41. The van der Waals surface area contributed by atoms with Crippen LogP contribution in [-0.2, 0) is 9.59 Å². The number of aromatic nitrogens is 1. The summed E-state index contributed by atoms with van der Waals surface area (Å²) >= 11 is 5.78. The highest BCUT2D eigenvalue weighted by Crippen LogP contribution is 2.32. The highest BCUT2D eigenvalue weighted by atomic mass is 32.1. The van der Waals surface area contributed by atoms with Gasteiger partial charge in [-0.3, -0.25) is 19.4 Å². The molecule has 40 heavy (non-hydrogen) atoms. The minimum absolute atomic E-state index is 0.0545. The molecule has 0 N–H and O–H groups in total. The zero-order valence-electron chi connectivity index (χ0n) is 23.6. The van der Waals surface area contributed by atoms with E-state index in [4.69, 9.17) is 12.2 Å². The van der Waals surface area contributed by atoms with Gasteiger partial charge in [-0.05, 0) is 117 Å². The van der Waals surface area contributed by atoms with Gasteiger partial charge in [0.2, 0.25) is 0 Å². The van der Waals surface area contributed by atoms with Gasteiger partial charge in [0, 0.05) is 36.9 Å². The van der Waals surface area contributed by atoms with Crippen LogP contribution < -0.4 is 14.7 Å². The van der Waals surface area contributed by atoms with Crippen LogP contribution in [0.1, 0.15) is 28.1 Å². The number of aryl methyl sites for hydroxylation is 3. The molecule has 1 aromatic heterocycles. The molecule has 1 fully saturated rings. The number of hydrogen-bond acceptors (Lipinski definition) is 4. The molecule has 2 heterocycles. The molecule has 1 saturated heterocycles. The Morgan fingerprint density at radius 3 is 1.90 bits per heavy atom. The number of anilines is 3. The van der Waals surface area contributed by atoms with Crippen LogP contribution in [0.4, 0.5) is 17.1 Å². The predicted octanol–water partition coefficient (Wildman–Crippen LogP) is 6.53. The van der Waals surface area contributed by atoms with Gasteiger partial charge in [0.1, 0.15) is 5.57 Å². The van der Waals surface area contributed by atoms with Crippen LogP contribution >= 0.6 is 12.2 Å². The Balaban J connectivity index is 1.63. The van der Waals surface area contributed by atoms with Crippen molar-refractivity contribution in [2.75, 3.05) is 28.8 Å². The van der Waals surface area contributed by atoms with E-state index in [1.165, 1.54) is 9.80 Å². The SMILES string of the molecule is Cc1ccc(N2C(=O)C(=Cc3cc(C)n(-c4ccc(N(C)C)cc4)c3C)C(=O)N(c3ccccc3)C2=S)cc1C. The predicted molar refractivity (Wildman–Crippen MR) is 167 cm³/mol. The van der Waals surface area contributed by atoms with Gasteiger partial charge in [-0.2, -0.15) is 0 Å². The van der Waals surface area contributed by atoms with Crippen LogP contribution in [0.3, 0.4) is 0 Å². The Labute approximate surface area is 240 Å². The smallest absolute Gasteiger partial charge is 0.270 e. The Bertz CT molecular complexity index is 1670. The number of nitrogens with zero attached hydrogens (tertiary/aromatic N) is 4. The van der Waals surface area contributed by atoms with Crippen molar-refractivity contribution < 1.29 is 9.59 Å². The molecule has 7 heteroatoms. The number of amides is 2. The molecule has 2 amide bonds. The number of benzene rings is 3. The lowest BCUT2D eigenvalue weighted by atomic mass is 10.0. The molecule has 5 rings (SSSR count). The monoisotopic (exact) mass is 548 g/mol. The van der Waals surface area contributed by atoms with E-state index in [9.17, 15) is 9.59 Å². The maximum absolute atomic E-state index is 14.0. The van der Waals surface area contributed by atoms with E-state index >= 15 is 0 Å². The lowest BCUT2D eigenvalue weighted by Crippen LogP contribution is -2.57. The molecule has 0 aliphatic carbocycles. The zero-order chi connectivity index (χ0) is 28.7. The highest BCUT2D eigenvalue weighted by Gasteiger charge is 2.41. The fourth-order valence-electron chi connectivity index (χ4n) is 5.01. The third kappa shape index (κ3) is 4.73. The fourth-order valence-corrected chi connectivity index (χ4v) is 5.39. The van der Waals surface area contributed by atoms with Gasteiger partial charge >= 0.3 is 0 Å². The molecule has 0 spiro atoms. The molecule has 4 aromatic rings. The van der Waals surface area contributed by atoms with Crippen molar-refractivity contribution in [3.63, 3.8) is 0 Å². The van der Waals surface area contributed by atoms with Gasteiger partial charge in [0.15, 0.2) is 5.11 Å². The quantitative estimate of drug-likeness (QED) is 0.162. The van der Waals surface area contributed by atoms with E-state index < -0.39 is 11.8 Å². The second-order valence-electron chi connectivity index (χ2n) is 10.3. The Hall–Kier alpha value is -4.49. The topological polar surface area (TPSA) is 48.8 Å². The van der Waals surface area contributed by atoms with Crippen LogP contribution in [0.15, 0.2) is 84.4 Å². The highest BCUT2D eigenvalue weighted by molar-refractivity contribution is 7.81. The second kappa shape index (κ2) is 10.6. The van der Waals surface area contributed by atoms with Crippen molar-refractivity contribution in [1.29, 1.82) is 0 Å². The molecule has 3 aromatic carbocycles. The normalized spacial score (nSPS) is 14.8. The van der Waals surface area contributed by atoms with Gasteiger partial charge in [0.05, 0.1) is 11.4 Å². The van der Waals surface area contributed by atoms with E-state index in [0.717, 1.165) is 39.5 Å². The largest absolute Gasteiger partial charge is 0.378 e. The lowest BCUT2D eigenvalue weighted by molar-refractivity contribution is -0.120. The first kappa shape index (κ1) is 27.1. The minimum Gasteiger partial charge on any atom is -0.378 e. The Morgan fingerprint density at radius 2 is 1.30 bits per heavy atom. The summed E-state index contributed by atoms with van der Waals surface area (Å²) in [6.07, 6.45) is 1.70. The van der Waals surface area contributed by atoms with Gasteiger partial charge in [0.25, 0.3) is 11.8 Å². The average Bonchev–Trinajstić information content (AvgIpc) is 3.21. The van der Waals surface area contributed by atoms with Crippen molar-refractivity contribution in [2.24, 2.45) is 0 Å². The van der Waals surface area contributed by atoms with Crippen LogP contribution in [-0.4, -0.2) is 35.6 Å². The van der Waals surface area contributed by atoms with Gasteiger partial charge < -0.3 is 9.47 Å². The van der Waals surface area contributed by atoms with Crippen LogP contribution in [0.25, 0.3) is 11.8 Å². The van der Waals surface area contributed by atoms with Crippen molar-refractivity contribution in [2.45, 2.75) is 27.7 Å². The number of rotatable bonds is 5. The summed E-state index contributed by atoms with van der Waals surface area (Å²) in [6.45, 7) is 8.03. The summed E-state index contributed by atoms with van der Waals surface area (Å²) < 4.78 is 2.13. The second-order valence-corrected chi connectivity index (χ2v) is 10.7. The van der Waals surface area contributed by atoms with Crippen molar-refractivity contribution in [3.8, 4) is 5.69 Å².